The van der Waals surface area contributed by atoms with Crippen LogP contribution in [0.3, 0.4) is 0 Å². The standard InChI is InChI=1S/C14H13FN4/c1-2-19(12-5-3-4-11(15)8-12)14-13(17)10(9-16)6-7-18-14/h3-8H,2,17H2,1H3. The van der Waals surface area contributed by atoms with Gasteiger partial charge in [0.1, 0.15) is 11.9 Å². The summed E-state index contributed by atoms with van der Waals surface area (Å²) in [4.78, 5) is 5.95. The molecule has 0 radical (unpaired) electrons. The van der Waals surface area contributed by atoms with E-state index in [9.17, 15) is 4.39 Å². The summed E-state index contributed by atoms with van der Waals surface area (Å²) in [6.45, 7) is 2.47. The lowest BCUT2D eigenvalue weighted by Gasteiger charge is -2.23. The SMILES string of the molecule is CCN(c1cccc(F)c1)c1nccc(C#N)c1N. The zero-order valence-corrected chi connectivity index (χ0v) is 10.5. The summed E-state index contributed by atoms with van der Waals surface area (Å²) in [5, 5.41) is 8.98. The maximum atomic E-state index is 13.3. The van der Waals surface area contributed by atoms with Crippen molar-refractivity contribution in [2.45, 2.75) is 6.92 Å². The number of rotatable bonds is 3. The summed E-state index contributed by atoms with van der Waals surface area (Å²) in [6.07, 6.45) is 1.52. The van der Waals surface area contributed by atoms with Gasteiger partial charge in [-0.15, -0.1) is 0 Å². The molecule has 4 nitrogen and oxygen atoms in total. The maximum absolute atomic E-state index is 13.3. The molecule has 96 valence electrons. The number of benzene rings is 1. The highest BCUT2D eigenvalue weighted by Crippen LogP contribution is 2.30. The molecule has 1 aromatic heterocycles. The molecule has 0 saturated carbocycles. The van der Waals surface area contributed by atoms with Crippen molar-refractivity contribution in [1.82, 2.24) is 4.98 Å². The molecular formula is C14H13FN4. The first-order valence-corrected chi connectivity index (χ1v) is 5.85. The molecule has 0 bridgehead atoms. The molecule has 1 heterocycles. The molecule has 0 aliphatic carbocycles. The summed E-state index contributed by atoms with van der Waals surface area (Å²) in [7, 11) is 0. The van der Waals surface area contributed by atoms with E-state index in [1.165, 1.54) is 18.3 Å². The van der Waals surface area contributed by atoms with E-state index in [0.717, 1.165) is 0 Å². The van der Waals surface area contributed by atoms with Crippen molar-refractivity contribution >= 4 is 17.2 Å². The van der Waals surface area contributed by atoms with Crippen LogP contribution in [0.15, 0.2) is 36.5 Å². The number of pyridine rings is 1. The quantitative estimate of drug-likeness (QED) is 0.917. The number of aromatic nitrogens is 1. The van der Waals surface area contributed by atoms with Crippen LogP contribution in [0.5, 0.6) is 0 Å². The second-order valence-electron chi connectivity index (χ2n) is 3.93. The van der Waals surface area contributed by atoms with Crippen LogP contribution in [0, 0.1) is 17.1 Å². The third-order valence-electron chi connectivity index (χ3n) is 2.78. The van der Waals surface area contributed by atoms with Crippen molar-refractivity contribution in [3.8, 4) is 6.07 Å². The molecule has 1 aromatic carbocycles. The number of nitriles is 1. The molecule has 0 aliphatic rings. The minimum Gasteiger partial charge on any atom is -0.395 e. The highest BCUT2D eigenvalue weighted by atomic mass is 19.1. The number of halogens is 1. The van der Waals surface area contributed by atoms with Gasteiger partial charge in [0.25, 0.3) is 0 Å². The maximum Gasteiger partial charge on any atom is 0.157 e. The van der Waals surface area contributed by atoms with E-state index in [-0.39, 0.29) is 5.82 Å². The summed E-state index contributed by atoms with van der Waals surface area (Å²) < 4.78 is 13.3. The molecule has 0 unspecified atom stereocenters. The van der Waals surface area contributed by atoms with Gasteiger partial charge in [0, 0.05) is 18.4 Å². The van der Waals surface area contributed by atoms with E-state index in [2.05, 4.69) is 4.98 Å². The second-order valence-corrected chi connectivity index (χ2v) is 3.93. The fourth-order valence-corrected chi connectivity index (χ4v) is 1.87. The van der Waals surface area contributed by atoms with E-state index >= 15 is 0 Å². The lowest BCUT2D eigenvalue weighted by Crippen LogP contribution is -2.19. The smallest absolute Gasteiger partial charge is 0.157 e. The van der Waals surface area contributed by atoms with Crippen LogP contribution in [0.25, 0.3) is 0 Å². The van der Waals surface area contributed by atoms with Gasteiger partial charge in [-0.05, 0) is 31.2 Å². The Kier molecular flexibility index (Phi) is 3.62. The van der Waals surface area contributed by atoms with Crippen molar-refractivity contribution in [2.75, 3.05) is 17.2 Å². The van der Waals surface area contributed by atoms with Crippen LogP contribution in [0.4, 0.5) is 21.6 Å². The molecule has 0 aliphatic heterocycles. The minimum atomic E-state index is -0.328. The highest BCUT2D eigenvalue weighted by molar-refractivity contribution is 5.75. The Balaban J connectivity index is 2.52. The number of hydrogen-bond donors (Lipinski definition) is 1. The predicted octanol–water partition coefficient (Wildman–Crippen LogP) is 2.83. The minimum absolute atomic E-state index is 0.302. The number of nitrogens with two attached hydrogens (primary N) is 1. The van der Waals surface area contributed by atoms with Gasteiger partial charge in [-0.1, -0.05) is 6.07 Å². The fourth-order valence-electron chi connectivity index (χ4n) is 1.87. The summed E-state index contributed by atoms with van der Waals surface area (Å²) >= 11 is 0. The van der Waals surface area contributed by atoms with Gasteiger partial charge in [0.15, 0.2) is 5.82 Å². The number of anilines is 3. The molecule has 5 heteroatoms. The summed E-state index contributed by atoms with van der Waals surface area (Å²) in [6, 6.07) is 9.74. The first-order valence-electron chi connectivity index (χ1n) is 5.85. The zero-order chi connectivity index (χ0) is 13.8. The van der Waals surface area contributed by atoms with E-state index < -0.39 is 0 Å². The topological polar surface area (TPSA) is 65.9 Å². The lowest BCUT2D eigenvalue weighted by atomic mass is 10.2. The van der Waals surface area contributed by atoms with Gasteiger partial charge in [-0.2, -0.15) is 5.26 Å². The number of nitrogen functional groups attached to an aromatic ring is 1. The second kappa shape index (κ2) is 5.36. The molecule has 0 atom stereocenters. The summed E-state index contributed by atoms with van der Waals surface area (Å²) in [5.74, 6) is 0.137. The van der Waals surface area contributed by atoms with Gasteiger partial charge in [0.05, 0.1) is 11.3 Å². The van der Waals surface area contributed by atoms with Gasteiger partial charge >= 0.3 is 0 Å². The first-order chi connectivity index (χ1) is 9.17. The molecule has 0 saturated heterocycles. The van der Waals surface area contributed by atoms with Crippen molar-refractivity contribution < 1.29 is 4.39 Å². The van der Waals surface area contributed by atoms with Crippen LogP contribution in [0.1, 0.15) is 12.5 Å². The monoisotopic (exact) mass is 256 g/mol. The van der Waals surface area contributed by atoms with Gasteiger partial charge < -0.3 is 10.6 Å². The molecule has 0 amide bonds. The van der Waals surface area contributed by atoms with E-state index in [1.807, 2.05) is 13.0 Å². The Morgan fingerprint density at radius 1 is 1.42 bits per heavy atom. The van der Waals surface area contributed by atoms with Crippen LogP contribution in [-0.4, -0.2) is 11.5 Å². The third-order valence-corrected chi connectivity index (χ3v) is 2.78. The van der Waals surface area contributed by atoms with Crippen molar-refractivity contribution in [2.24, 2.45) is 0 Å². The molecule has 0 fully saturated rings. The van der Waals surface area contributed by atoms with Crippen LogP contribution in [0.2, 0.25) is 0 Å². The Morgan fingerprint density at radius 2 is 2.21 bits per heavy atom. The fraction of sp³-hybridized carbons (Fsp3) is 0.143. The normalized spacial score (nSPS) is 9.95. The molecule has 2 N–H and O–H groups in total. The lowest BCUT2D eigenvalue weighted by molar-refractivity contribution is 0.627. The third kappa shape index (κ3) is 2.47. The average molecular weight is 256 g/mol. The van der Waals surface area contributed by atoms with E-state index in [0.29, 0.717) is 29.3 Å². The highest BCUT2D eigenvalue weighted by Gasteiger charge is 2.14. The van der Waals surface area contributed by atoms with Crippen molar-refractivity contribution in [1.29, 1.82) is 5.26 Å². The molecular weight excluding hydrogens is 243 g/mol. The van der Waals surface area contributed by atoms with Crippen LogP contribution in [-0.2, 0) is 0 Å². The van der Waals surface area contributed by atoms with Crippen LogP contribution >= 0.6 is 0 Å². The predicted molar refractivity (Wildman–Crippen MR) is 72.4 cm³/mol. The number of nitrogens with zero attached hydrogens (tertiary/aromatic N) is 3. The Hall–Kier alpha value is -2.61. The molecule has 19 heavy (non-hydrogen) atoms. The Labute approximate surface area is 110 Å². The number of hydrogen-bond acceptors (Lipinski definition) is 4. The van der Waals surface area contributed by atoms with E-state index in [4.69, 9.17) is 11.0 Å². The summed E-state index contributed by atoms with van der Waals surface area (Å²) in [5.41, 5.74) is 7.24. The van der Waals surface area contributed by atoms with Gasteiger partial charge in [-0.3, -0.25) is 0 Å². The Bertz CT molecular complexity index is 634. The largest absolute Gasteiger partial charge is 0.395 e. The Morgan fingerprint density at radius 3 is 2.84 bits per heavy atom. The molecule has 0 spiro atoms. The van der Waals surface area contributed by atoms with E-state index in [1.54, 1.807) is 23.1 Å². The average Bonchev–Trinajstić information content (AvgIpc) is 2.41. The van der Waals surface area contributed by atoms with Crippen molar-refractivity contribution in [3.05, 3.63) is 47.9 Å². The first kappa shape index (κ1) is 12.8. The molecule has 2 aromatic rings. The van der Waals surface area contributed by atoms with Crippen LogP contribution < -0.4 is 10.6 Å². The van der Waals surface area contributed by atoms with Crippen molar-refractivity contribution in [3.63, 3.8) is 0 Å². The zero-order valence-electron chi connectivity index (χ0n) is 10.5. The van der Waals surface area contributed by atoms with Gasteiger partial charge in [-0.25, -0.2) is 9.37 Å². The molecule has 2 rings (SSSR count). The van der Waals surface area contributed by atoms with Gasteiger partial charge in [0.2, 0.25) is 0 Å².